The Morgan fingerprint density at radius 3 is 2.47 bits per heavy atom. The lowest BCUT2D eigenvalue weighted by Gasteiger charge is -2.27. The molecule has 5 heteroatoms. The van der Waals surface area contributed by atoms with Gasteiger partial charge in [0.25, 0.3) is 5.91 Å². The zero-order chi connectivity index (χ0) is 24.3. The van der Waals surface area contributed by atoms with E-state index >= 15 is 0 Å². The fourth-order valence-electron chi connectivity index (χ4n) is 4.25. The Kier molecular flexibility index (Phi) is 7.13. The molecule has 4 nitrogen and oxygen atoms in total. The van der Waals surface area contributed by atoms with E-state index in [9.17, 15) is 9.59 Å². The molecule has 1 N–H and O–H groups in total. The smallest absolute Gasteiger partial charge is 0.255 e. The van der Waals surface area contributed by atoms with Crippen molar-refractivity contribution < 1.29 is 9.59 Å². The number of thioether (sulfide) groups is 1. The van der Waals surface area contributed by atoms with Crippen LogP contribution >= 0.6 is 11.8 Å². The van der Waals surface area contributed by atoms with E-state index in [4.69, 9.17) is 0 Å². The van der Waals surface area contributed by atoms with Gasteiger partial charge in [0.05, 0.1) is 5.75 Å². The molecule has 0 bridgehead atoms. The Hall–Kier alpha value is -3.05. The third-order valence-electron chi connectivity index (χ3n) is 6.08. The number of amides is 2. The minimum atomic E-state index is -0.141. The van der Waals surface area contributed by atoms with Crippen molar-refractivity contribution in [1.82, 2.24) is 0 Å². The molecule has 3 aromatic carbocycles. The monoisotopic (exact) mass is 472 g/mol. The normalized spacial score (nSPS) is 16.1. The Balaban J connectivity index is 1.56. The van der Waals surface area contributed by atoms with Crippen LogP contribution in [0.5, 0.6) is 0 Å². The molecule has 0 radical (unpaired) electrons. The molecular weight excluding hydrogens is 440 g/mol. The van der Waals surface area contributed by atoms with E-state index in [1.54, 1.807) is 11.8 Å². The van der Waals surface area contributed by atoms with Crippen LogP contribution in [0.4, 0.5) is 11.4 Å². The highest BCUT2D eigenvalue weighted by molar-refractivity contribution is 8.00. The number of nitrogens with zero attached hydrogens (tertiary/aromatic N) is 1. The van der Waals surface area contributed by atoms with E-state index in [1.807, 2.05) is 71.6 Å². The van der Waals surface area contributed by atoms with Crippen LogP contribution in [-0.2, 0) is 16.6 Å². The first kappa shape index (κ1) is 24.1. The van der Waals surface area contributed by atoms with Crippen molar-refractivity contribution in [2.24, 2.45) is 0 Å². The van der Waals surface area contributed by atoms with Crippen LogP contribution in [0.1, 0.15) is 66.5 Å². The molecule has 3 aromatic rings. The third-order valence-corrected chi connectivity index (χ3v) is 7.29. The third kappa shape index (κ3) is 5.20. The van der Waals surface area contributed by atoms with Crippen molar-refractivity contribution in [1.29, 1.82) is 0 Å². The largest absolute Gasteiger partial charge is 0.322 e. The number of benzene rings is 3. The Morgan fingerprint density at radius 1 is 1.03 bits per heavy atom. The first-order valence-electron chi connectivity index (χ1n) is 11.8. The number of nitrogens with one attached hydrogen (secondary N) is 1. The SMILES string of the molecule is CCCc1ccccc1N1C(=O)CS[C@H]1c1cccc(NC(=O)c2ccc(C(C)(C)C)cc2)c1. The maximum Gasteiger partial charge on any atom is 0.255 e. The lowest BCUT2D eigenvalue weighted by atomic mass is 9.87. The molecule has 1 fully saturated rings. The zero-order valence-corrected chi connectivity index (χ0v) is 21.1. The molecule has 176 valence electrons. The van der Waals surface area contributed by atoms with Gasteiger partial charge in [0, 0.05) is 16.9 Å². The second kappa shape index (κ2) is 10.1. The topological polar surface area (TPSA) is 49.4 Å². The fourth-order valence-corrected chi connectivity index (χ4v) is 5.41. The van der Waals surface area contributed by atoms with Crippen molar-refractivity contribution in [3.05, 3.63) is 95.1 Å². The zero-order valence-electron chi connectivity index (χ0n) is 20.3. The first-order chi connectivity index (χ1) is 16.3. The highest BCUT2D eigenvalue weighted by Crippen LogP contribution is 2.43. The highest BCUT2D eigenvalue weighted by Gasteiger charge is 2.35. The lowest BCUT2D eigenvalue weighted by Crippen LogP contribution is -2.28. The van der Waals surface area contributed by atoms with Crippen molar-refractivity contribution in [2.75, 3.05) is 16.0 Å². The molecule has 1 aliphatic heterocycles. The van der Waals surface area contributed by atoms with Crippen LogP contribution < -0.4 is 10.2 Å². The van der Waals surface area contributed by atoms with Crippen LogP contribution in [0.3, 0.4) is 0 Å². The number of hydrogen-bond donors (Lipinski definition) is 1. The summed E-state index contributed by atoms with van der Waals surface area (Å²) in [7, 11) is 0. The first-order valence-corrected chi connectivity index (χ1v) is 12.9. The summed E-state index contributed by atoms with van der Waals surface area (Å²) in [6.07, 6.45) is 1.95. The summed E-state index contributed by atoms with van der Waals surface area (Å²) < 4.78 is 0. The van der Waals surface area contributed by atoms with Gasteiger partial charge in [-0.3, -0.25) is 14.5 Å². The number of hydrogen-bond acceptors (Lipinski definition) is 3. The molecule has 1 aliphatic rings. The standard InChI is InChI=1S/C29H32N2O2S/c1-5-9-20-10-6-7-13-25(20)31-26(32)19-34-28(31)22-11-8-12-24(18-22)30-27(33)21-14-16-23(17-15-21)29(2,3)4/h6-8,10-18,28H,5,9,19H2,1-4H3,(H,30,33)/t28-/m0/s1. The molecule has 34 heavy (non-hydrogen) atoms. The summed E-state index contributed by atoms with van der Waals surface area (Å²) >= 11 is 1.62. The van der Waals surface area contributed by atoms with Gasteiger partial charge in [-0.15, -0.1) is 11.8 Å². The van der Waals surface area contributed by atoms with Crippen molar-refractivity contribution in [3.63, 3.8) is 0 Å². The Bertz CT molecular complexity index is 1180. The molecule has 1 heterocycles. The summed E-state index contributed by atoms with van der Waals surface area (Å²) in [5, 5.41) is 2.91. The van der Waals surface area contributed by atoms with Crippen LogP contribution in [0.2, 0.25) is 0 Å². The molecule has 0 aromatic heterocycles. The molecule has 2 amide bonds. The van der Waals surface area contributed by atoms with Gasteiger partial charge in [-0.1, -0.05) is 76.6 Å². The van der Waals surface area contributed by atoms with Gasteiger partial charge in [0.15, 0.2) is 0 Å². The maximum atomic E-state index is 12.9. The molecule has 0 unspecified atom stereocenters. The van der Waals surface area contributed by atoms with Crippen LogP contribution in [0, 0.1) is 0 Å². The lowest BCUT2D eigenvalue weighted by molar-refractivity contribution is -0.115. The second-order valence-electron chi connectivity index (χ2n) is 9.71. The molecule has 4 rings (SSSR count). The summed E-state index contributed by atoms with van der Waals surface area (Å²) in [4.78, 5) is 27.7. The summed E-state index contributed by atoms with van der Waals surface area (Å²) in [5.41, 5.74) is 5.76. The minimum Gasteiger partial charge on any atom is -0.322 e. The van der Waals surface area contributed by atoms with E-state index in [-0.39, 0.29) is 22.6 Å². The number of aryl methyl sites for hydroxylation is 1. The van der Waals surface area contributed by atoms with Gasteiger partial charge >= 0.3 is 0 Å². The molecule has 1 saturated heterocycles. The number of anilines is 2. The number of para-hydroxylation sites is 1. The van der Waals surface area contributed by atoms with E-state index < -0.39 is 0 Å². The van der Waals surface area contributed by atoms with Crippen molar-refractivity contribution >= 4 is 35.0 Å². The van der Waals surface area contributed by atoms with E-state index in [0.29, 0.717) is 11.3 Å². The van der Waals surface area contributed by atoms with Crippen molar-refractivity contribution in [3.8, 4) is 0 Å². The number of rotatable bonds is 6. The van der Waals surface area contributed by atoms with Crippen molar-refractivity contribution in [2.45, 2.75) is 51.3 Å². The van der Waals surface area contributed by atoms with Gasteiger partial charge < -0.3 is 5.32 Å². The Morgan fingerprint density at radius 2 is 1.76 bits per heavy atom. The van der Waals surface area contributed by atoms with Crippen LogP contribution in [-0.4, -0.2) is 17.6 Å². The van der Waals surface area contributed by atoms with Crippen LogP contribution in [0.25, 0.3) is 0 Å². The van der Waals surface area contributed by atoms with Crippen LogP contribution in [0.15, 0.2) is 72.8 Å². The minimum absolute atomic E-state index is 0.0430. The second-order valence-corrected chi connectivity index (χ2v) is 10.8. The fraction of sp³-hybridized carbons (Fsp3) is 0.310. The molecule has 1 atom stereocenters. The van der Waals surface area contributed by atoms with Gasteiger partial charge in [0.1, 0.15) is 5.37 Å². The van der Waals surface area contributed by atoms with E-state index in [2.05, 4.69) is 39.1 Å². The number of carbonyl (C=O) groups excluding carboxylic acids is 2. The highest BCUT2D eigenvalue weighted by atomic mass is 32.2. The summed E-state index contributed by atoms with van der Waals surface area (Å²) in [6.45, 7) is 8.62. The molecule has 0 saturated carbocycles. The molecule has 0 spiro atoms. The van der Waals surface area contributed by atoms with E-state index in [1.165, 1.54) is 11.1 Å². The Labute approximate surface area is 206 Å². The average molecular weight is 473 g/mol. The average Bonchev–Trinajstić information content (AvgIpc) is 3.20. The van der Waals surface area contributed by atoms with Gasteiger partial charge in [-0.05, 0) is 58.9 Å². The quantitative estimate of drug-likeness (QED) is 0.421. The van der Waals surface area contributed by atoms with Gasteiger partial charge in [-0.25, -0.2) is 0 Å². The summed E-state index contributed by atoms with van der Waals surface area (Å²) in [6, 6.07) is 23.8. The summed E-state index contributed by atoms with van der Waals surface area (Å²) in [5.74, 6) is 0.423. The molecule has 0 aliphatic carbocycles. The maximum absolute atomic E-state index is 12.9. The van der Waals surface area contributed by atoms with E-state index in [0.717, 1.165) is 29.8 Å². The predicted molar refractivity (Wildman–Crippen MR) is 143 cm³/mol. The molecular formula is C29H32N2O2S. The van der Waals surface area contributed by atoms with Gasteiger partial charge in [-0.2, -0.15) is 0 Å². The number of carbonyl (C=O) groups is 2. The van der Waals surface area contributed by atoms with Gasteiger partial charge in [0.2, 0.25) is 5.91 Å². The predicted octanol–water partition coefficient (Wildman–Crippen LogP) is 6.97.